The van der Waals surface area contributed by atoms with Crippen molar-refractivity contribution in [2.45, 2.75) is 0 Å². The van der Waals surface area contributed by atoms with Gasteiger partial charge in [-0.2, -0.15) is 0 Å². The summed E-state index contributed by atoms with van der Waals surface area (Å²) in [5.74, 6) is -0.536. The number of amides is 1. The van der Waals surface area contributed by atoms with E-state index in [9.17, 15) is 9.59 Å². The van der Waals surface area contributed by atoms with Gasteiger partial charge in [-0.3, -0.25) is 14.8 Å². The van der Waals surface area contributed by atoms with Gasteiger partial charge in [0.2, 0.25) is 5.78 Å². The van der Waals surface area contributed by atoms with E-state index in [0.717, 1.165) is 10.9 Å². The van der Waals surface area contributed by atoms with Gasteiger partial charge in [0.05, 0.1) is 0 Å². The third-order valence-electron chi connectivity index (χ3n) is 3.36. The van der Waals surface area contributed by atoms with Crippen LogP contribution < -0.4 is 5.48 Å². The first-order chi connectivity index (χ1) is 11.2. The standard InChI is InChI=1S/C18H13NO4/c20-17(19-22)10-7-12-5-8-13(9-6-12)18(21)16-11-14-3-1-2-4-15(14)23-16/h1-11,22H,(H,19,20)/b10-7+. The van der Waals surface area contributed by atoms with Crippen molar-refractivity contribution in [3.8, 4) is 0 Å². The maximum Gasteiger partial charge on any atom is 0.267 e. The molecule has 0 aliphatic rings. The van der Waals surface area contributed by atoms with Crippen molar-refractivity contribution in [1.29, 1.82) is 0 Å². The maximum absolute atomic E-state index is 12.4. The van der Waals surface area contributed by atoms with Gasteiger partial charge in [0, 0.05) is 17.0 Å². The van der Waals surface area contributed by atoms with Crippen molar-refractivity contribution in [2.24, 2.45) is 0 Å². The molecule has 5 nitrogen and oxygen atoms in total. The Morgan fingerprint density at radius 3 is 2.48 bits per heavy atom. The number of fused-ring (bicyclic) bond motifs is 1. The fourth-order valence-corrected chi connectivity index (χ4v) is 2.19. The minimum atomic E-state index is -0.618. The minimum Gasteiger partial charge on any atom is -0.453 e. The van der Waals surface area contributed by atoms with Gasteiger partial charge in [-0.1, -0.05) is 42.5 Å². The molecule has 2 N–H and O–H groups in total. The van der Waals surface area contributed by atoms with E-state index in [-0.39, 0.29) is 11.5 Å². The molecule has 0 aliphatic carbocycles. The normalized spacial score (nSPS) is 11.0. The van der Waals surface area contributed by atoms with Crippen molar-refractivity contribution in [1.82, 2.24) is 5.48 Å². The van der Waals surface area contributed by atoms with Crippen molar-refractivity contribution in [3.63, 3.8) is 0 Å². The van der Waals surface area contributed by atoms with Crippen LogP contribution in [0, 0.1) is 0 Å². The Labute approximate surface area is 131 Å². The highest BCUT2D eigenvalue weighted by Crippen LogP contribution is 2.21. The van der Waals surface area contributed by atoms with Crippen LogP contribution in [0.1, 0.15) is 21.7 Å². The first-order valence-corrected chi connectivity index (χ1v) is 6.93. The highest BCUT2D eigenvalue weighted by atomic mass is 16.5. The molecule has 114 valence electrons. The molecule has 2 aromatic carbocycles. The van der Waals surface area contributed by atoms with Crippen molar-refractivity contribution in [2.75, 3.05) is 0 Å². The lowest BCUT2D eigenvalue weighted by atomic mass is 10.1. The lowest BCUT2D eigenvalue weighted by Crippen LogP contribution is -2.14. The molecule has 0 fully saturated rings. The Morgan fingerprint density at radius 2 is 1.78 bits per heavy atom. The summed E-state index contributed by atoms with van der Waals surface area (Å²) in [7, 11) is 0. The lowest BCUT2D eigenvalue weighted by molar-refractivity contribution is -0.124. The van der Waals surface area contributed by atoms with Crippen LogP contribution in [0.15, 0.2) is 65.1 Å². The number of para-hydroxylation sites is 1. The predicted molar refractivity (Wildman–Crippen MR) is 85.1 cm³/mol. The van der Waals surface area contributed by atoms with Gasteiger partial charge in [0.25, 0.3) is 5.91 Å². The lowest BCUT2D eigenvalue weighted by Gasteiger charge is -1.99. The van der Waals surface area contributed by atoms with Gasteiger partial charge < -0.3 is 4.42 Å². The molecule has 1 amide bonds. The van der Waals surface area contributed by atoms with Crippen LogP contribution in [-0.2, 0) is 4.79 Å². The Hall–Kier alpha value is -3.18. The number of rotatable bonds is 4. The average Bonchev–Trinajstić information content (AvgIpc) is 3.03. The van der Waals surface area contributed by atoms with E-state index in [2.05, 4.69) is 0 Å². The largest absolute Gasteiger partial charge is 0.453 e. The topological polar surface area (TPSA) is 79.5 Å². The second-order valence-corrected chi connectivity index (χ2v) is 4.91. The van der Waals surface area contributed by atoms with Gasteiger partial charge in [-0.15, -0.1) is 0 Å². The second kappa shape index (κ2) is 6.29. The van der Waals surface area contributed by atoms with Crippen LogP contribution in [0.3, 0.4) is 0 Å². The van der Waals surface area contributed by atoms with Crippen LogP contribution in [0.5, 0.6) is 0 Å². The summed E-state index contributed by atoms with van der Waals surface area (Å²) >= 11 is 0. The molecule has 3 rings (SSSR count). The van der Waals surface area contributed by atoms with Crippen LogP contribution in [-0.4, -0.2) is 16.9 Å². The number of carbonyl (C=O) groups excluding carboxylic acids is 2. The summed E-state index contributed by atoms with van der Waals surface area (Å²) in [5, 5.41) is 9.29. The van der Waals surface area contributed by atoms with Gasteiger partial charge in [0.15, 0.2) is 5.76 Å². The van der Waals surface area contributed by atoms with Crippen LogP contribution in [0.25, 0.3) is 17.0 Å². The Morgan fingerprint density at radius 1 is 1.04 bits per heavy atom. The molecule has 0 spiro atoms. The molecule has 5 heteroatoms. The summed E-state index contributed by atoms with van der Waals surface area (Å²) in [5.41, 5.74) is 3.40. The summed E-state index contributed by atoms with van der Waals surface area (Å²) in [6.07, 6.45) is 2.72. The molecular weight excluding hydrogens is 294 g/mol. The van der Waals surface area contributed by atoms with E-state index in [1.54, 1.807) is 30.3 Å². The molecule has 1 aromatic heterocycles. The quantitative estimate of drug-likeness (QED) is 0.336. The van der Waals surface area contributed by atoms with Crippen molar-refractivity contribution < 1.29 is 19.2 Å². The molecule has 0 unspecified atom stereocenters. The molecule has 1 heterocycles. The first-order valence-electron chi connectivity index (χ1n) is 6.93. The zero-order chi connectivity index (χ0) is 16.2. The molecule has 0 saturated heterocycles. The molecule has 0 aliphatic heterocycles. The fourth-order valence-electron chi connectivity index (χ4n) is 2.19. The van der Waals surface area contributed by atoms with Gasteiger partial charge in [0.1, 0.15) is 5.58 Å². The highest BCUT2D eigenvalue weighted by molar-refractivity contribution is 6.09. The number of furan rings is 1. The third-order valence-corrected chi connectivity index (χ3v) is 3.36. The van der Waals surface area contributed by atoms with Gasteiger partial charge in [-0.05, 0) is 23.8 Å². The SMILES string of the molecule is O=C(/C=C/c1ccc(C(=O)c2cc3ccccc3o2)cc1)NO. The van der Waals surface area contributed by atoms with Crippen molar-refractivity contribution in [3.05, 3.63) is 77.6 Å². The number of nitrogens with one attached hydrogen (secondary N) is 1. The van der Waals surface area contributed by atoms with Crippen molar-refractivity contribution >= 4 is 28.7 Å². The number of hydrogen-bond donors (Lipinski definition) is 2. The van der Waals surface area contributed by atoms with Crippen LogP contribution >= 0.6 is 0 Å². The molecule has 0 radical (unpaired) electrons. The zero-order valence-corrected chi connectivity index (χ0v) is 12.0. The van der Waals surface area contributed by atoms with Gasteiger partial charge in [-0.25, -0.2) is 5.48 Å². The number of hydrogen-bond acceptors (Lipinski definition) is 4. The van der Waals surface area contributed by atoms with E-state index >= 15 is 0 Å². The molecule has 3 aromatic rings. The summed E-state index contributed by atoms with van der Waals surface area (Å²) in [6.45, 7) is 0. The molecule has 0 saturated carbocycles. The molecule has 23 heavy (non-hydrogen) atoms. The summed E-state index contributed by atoms with van der Waals surface area (Å²) in [4.78, 5) is 23.3. The molecular formula is C18H13NO4. The molecule has 0 bridgehead atoms. The monoisotopic (exact) mass is 307 g/mol. The number of ketones is 1. The van der Waals surface area contributed by atoms with E-state index in [1.165, 1.54) is 17.6 Å². The summed E-state index contributed by atoms with van der Waals surface area (Å²) < 4.78 is 5.56. The second-order valence-electron chi connectivity index (χ2n) is 4.91. The van der Waals surface area contributed by atoms with E-state index in [0.29, 0.717) is 11.1 Å². The minimum absolute atomic E-state index is 0.204. The first kappa shape index (κ1) is 14.7. The Bertz CT molecular complexity index is 858. The van der Waals surface area contributed by atoms with E-state index in [1.807, 2.05) is 24.3 Å². The molecule has 0 atom stereocenters. The Balaban J connectivity index is 1.82. The van der Waals surface area contributed by atoms with Crippen LogP contribution in [0.4, 0.5) is 0 Å². The van der Waals surface area contributed by atoms with Gasteiger partial charge >= 0.3 is 0 Å². The zero-order valence-electron chi connectivity index (χ0n) is 12.0. The highest BCUT2D eigenvalue weighted by Gasteiger charge is 2.14. The van der Waals surface area contributed by atoms with E-state index in [4.69, 9.17) is 9.62 Å². The Kier molecular flexibility index (Phi) is 4.03. The number of benzene rings is 2. The summed E-state index contributed by atoms with van der Waals surface area (Å²) in [6, 6.07) is 15.9. The fraction of sp³-hybridized carbons (Fsp3) is 0. The third kappa shape index (κ3) is 3.20. The number of carbonyl (C=O) groups is 2. The predicted octanol–water partition coefficient (Wildman–Crippen LogP) is 3.18. The van der Waals surface area contributed by atoms with E-state index < -0.39 is 5.91 Å². The number of hydroxylamine groups is 1. The van der Waals surface area contributed by atoms with Crippen LogP contribution in [0.2, 0.25) is 0 Å². The smallest absolute Gasteiger partial charge is 0.267 e. The maximum atomic E-state index is 12.4. The average molecular weight is 307 g/mol.